The average molecular weight is 180 g/mol. The fraction of sp³-hybridized carbons (Fsp3) is 0.500. The highest BCUT2D eigenvalue weighted by Gasteiger charge is 2.00. The molecule has 1 aromatic heterocycles. The molecule has 0 aliphatic carbocycles. The molecule has 0 fully saturated rings. The minimum absolute atomic E-state index is 0.681. The second-order valence-electron chi connectivity index (χ2n) is 3.09. The molecule has 0 bridgehead atoms. The van der Waals surface area contributed by atoms with E-state index < -0.39 is 0 Å². The number of pyridine rings is 1. The van der Waals surface area contributed by atoms with Crippen molar-refractivity contribution in [2.45, 2.75) is 26.7 Å². The third-order valence-corrected chi connectivity index (χ3v) is 1.79. The molecule has 0 aliphatic heterocycles. The molecule has 0 spiro atoms. The lowest BCUT2D eigenvalue weighted by Crippen LogP contribution is -2.01. The highest BCUT2D eigenvalue weighted by atomic mass is 16.5. The third kappa shape index (κ3) is 2.93. The Kier molecular flexibility index (Phi) is 3.55. The van der Waals surface area contributed by atoms with Crippen LogP contribution in [0.1, 0.15) is 25.3 Å². The van der Waals surface area contributed by atoms with E-state index in [1.54, 1.807) is 6.20 Å². The fourth-order valence-electron chi connectivity index (χ4n) is 1.05. The van der Waals surface area contributed by atoms with Crippen LogP contribution in [0.3, 0.4) is 0 Å². The summed E-state index contributed by atoms with van der Waals surface area (Å²) in [5.41, 5.74) is 7.24. The second kappa shape index (κ2) is 4.70. The zero-order chi connectivity index (χ0) is 9.68. The zero-order valence-electron chi connectivity index (χ0n) is 8.21. The average Bonchev–Trinajstić information content (AvgIpc) is 2.09. The molecule has 0 radical (unpaired) electrons. The molecule has 0 unspecified atom stereocenters. The van der Waals surface area contributed by atoms with Crippen LogP contribution in [0, 0.1) is 6.92 Å². The van der Waals surface area contributed by atoms with Crippen molar-refractivity contribution >= 4 is 5.69 Å². The molecule has 0 saturated carbocycles. The molecule has 72 valence electrons. The molecule has 3 nitrogen and oxygen atoms in total. The van der Waals surface area contributed by atoms with Crippen molar-refractivity contribution < 1.29 is 4.74 Å². The molecular weight excluding hydrogens is 164 g/mol. The van der Waals surface area contributed by atoms with Crippen molar-refractivity contribution in [3.8, 4) is 5.88 Å². The quantitative estimate of drug-likeness (QED) is 0.722. The number of unbranched alkanes of at least 4 members (excludes halogenated alkanes) is 1. The van der Waals surface area contributed by atoms with Gasteiger partial charge >= 0.3 is 0 Å². The summed E-state index contributed by atoms with van der Waals surface area (Å²) >= 11 is 0. The van der Waals surface area contributed by atoms with E-state index in [1.807, 2.05) is 13.0 Å². The van der Waals surface area contributed by atoms with Crippen LogP contribution >= 0.6 is 0 Å². The third-order valence-electron chi connectivity index (χ3n) is 1.79. The summed E-state index contributed by atoms with van der Waals surface area (Å²) in [6, 6.07) is 1.87. The Hall–Kier alpha value is -1.25. The number of aryl methyl sites for hydroxylation is 1. The highest BCUT2D eigenvalue weighted by molar-refractivity contribution is 5.41. The monoisotopic (exact) mass is 180 g/mol. The number of nitrogens with two attached hydrogens (primary N) is 1. The number of ether oxygens (including phenoxy) is 1. The zero-order valence-corrected chi connectivity index (χ0v) is 8.21. The van der Waals surface area contributed by atoms with Crippen molar-refractivity contribution in [1.82, 2.24) is 4.98 Å². The van der Waals surface area contributed by atoms with Crippen LogP contribution in [0.2, 0.25) is 0 Å². The number of nitrogens with zero attached hydrogens (tertiary/aromatic N) is 1. The van der Waals surface area contributed by atoms with Crippen LogP contribution in [0.25, 0.3) is 0 Å². The van der Waals surface area contributed by atoms with Gasteiger partial charge in [-0.1, -0.05) is 13.3 Å². The van der Waals surface area contributed by atoms with Gasteiger partial charge < -0.3 is 10.5 Å². The predicted molar refractivity (Wildman–Crippen MR) is 53.8 cm³/mol. The minimum atomic E-state index is 0.681. The molecule has 0 saturated heterocycles. The topological polar surface area (TPSA) is 48.1 Å². The summed E-state index contributed by atoms with van der Waals surface area (Å²) in [5, 5.41) is 0. The maximum Gasteiger partial charge on any atom is 0.216 e. The van der Waals surface area contributed by atoms with Crippen molar-refractivity contribution in [2.75, 3.05) is 12.3 Å². The number of nitrogen functional groups attached to an aromatic ring is 1. The molecule has 2 N–H and O–H groups in total. The number of hydrogen-bond acceptors (Lipinski definition) is 3. The van der Waals surface area contributed by atoms with Crippen LogP contribution < -0.4 is 10.5 Å². The van der Waals surface area contributed by atoms with Crippen LogP contribution in [-0.4, -0.2) is 11.6 Å². The van der Waals surface area contributed by atoms with Crippen molar-refractivity contribution in [2.24, 2.45) is 0 Å². The lowest BCUT2D eigenvalue weighted by Gasteiger charge is -2.07. The number of hydrogen-bond donors (Lipinski definition) is 1. The SMILES string of the molecule is CCCCOc1ncc(N)cc1C. The number of anilines is 1. The Balaban J connectivity index is 2.56. The number of aromatic nitrogens is 1. The van der Waals surface area contributed by atoms with Gasteiger partial charge in [0.2, 0.25) is 5.88 Å². The van der Waals surface area contributed by atoms with E-state index in [-0.39, 0.29) is 0 Å². The van der Waals surface area contributed by atoms with Gasteiger partial charge in [0.25, 0.3) is 0 Å². The standard InChI is InChI=1S/C10H16N2O/c1-3-4-5-13-10-8(2)6-9(11)7-12-10/h6-7H,3-5,11H2,1-2H3. The van der Waals surface area contributed by atoms with Crippen LogP contribution in [-0.2, 0) is 0 Å². The van der Waals surface area contributed by atoms with Gasteiger partial charge in [0.15, 0.2) is 0 Å². The van der Waals surface area contributed by atoms with Gasteiger partial charge in [0.05, 0.1) is 18.5 Å². The smallest absolute Gasteiger partial charge is 0.216 e. The molecular formula is C10H16N2O. The highest BCUT2D eigenvalue weighted by Crippen LogP contribution is 2.16. The van der Waals surface area contributed by atoms with E-state index in [2.05, 4.69) is 11.9 Å². The summed E-state index contributed by atoms with van der Waals surface area (Å²) in [4.78, 5) is 4.10. The fourth-order valence-corrected chi connectivity index (χ4v) is 1.05. The first kappa shape index (κ1) is 9.84. The van der Waals surface area contributed by atoms with E-state index in [4.69, 9.17) is 10.5 Å². The summed E-state index contributed by atoms with van der Waals surface area (Å²) < 4.78 is 5.47. The predicted octanol–water partition coefficient (Wildman–Crippen LogP) is 2.15. The van der Waals surface area contributed by atoms with Gasteiger partial charge in [-0.2, -0.15) is 0 Å². The first-order valence-electron chi connectivity index (χ1n) is 4.59. The lowest BCUT2D eigenvalue weighted by atomic mass is 10.3. The van der Waals surface area contributed by atoms with Crippen LogP contribution in [0.4, 0.5) is 5.69 Å². The van der Waals surface area contributed by atoms with E-state index in [0.29, 0.717) is 11.6 Å². The van der Waals surface area contributed by atoms with E-state index in [9.17, 15) is 0 Å². The second-order valence-corrected chi connectivity index (χ2v) is 3.09. The van der Waals surface area contributed by atoms with Crippen molar-refractivity contribution in [3.05, 3.63) is 17.8 Å². The Bertz CT molecular complexity index is 274. The summed E-state index contributed by atoms with van der Waals surface area (Å²) in [6.07, 6.45) is 3.81. The van der Waals surface area contributed by atoms with Gasteiger partial charge in [0, 0.05) is 5.56 Å². The van der Waals surface area contributed by atoms with E-state index >= 15 is 0 Å². The van der Waals surface area contributed by atoms with Gasteiger partial charge in [-0.25, -0.2) is 4.98 Å². The van der Waals surface area contributed by atoms with Gasteiger partial charge in [-0.3, -0.25) is 0 Å². The van der Waals surface area contributed by atoms with Gasteiger partial charge in [0.1, 0.15) is 0 Å². The Morgan fingerprint density at radius 1 is 1.54 bits per heavy atom. The molecule has 1 aromatic rings. The summed E-state index contributed by atoms with van der Waals surface area (Å²) in [7, 11) is 0. The summed E-state index contributed by atoms with van der Waals surface area (Å²) in [6.45, 7) is 4.81. The maximum atomic E-state index is 5.56. The molecule has 0 aromatic carbocycles. The largest absolute Gasteiger partial charge is 0.477 e. The van der Waals surface area contributed by atoms with Crippen LogP contribution in [0.15, 0.2) is 12.3 Å². The van der Waals surface area contributed by atoms with Crippen molar-refractivity contribution in [3.63, 3.8) is 0 Å². The maximum absolute atomic E-state index is 5.56. The lowest BCUT2D eigenvalue weighted by molar-refractivity contribution is 0.296. The van der Waals surface area contributed by atoms with Gasteiger partial charge in [-0.05, 0) is 19.4 Å². The van der Waals surface area contributed by atoms with Crippen molar-refractivity contribution in [1.29, 1.82) is 0 Å². The molecule has 0 atom stereocenters. The minimum Gasteiger partial charge on any atom is -0.477 e. The molecule has 0 amide bonds. The molecule has 1 rings (SSSR count). The van der Waals surface area contributed by atoms with Crippen LogP contribution in [0.5, 0.6) is 5.88 Å². The molecule has 13 heavy (non-hydrogen) atoms. The normalized spacial score (nSPS) is 10.0. The first-order chi connectivity index (χ1) is 6.24. The van der Waals surface area contributed by atoms with E-state index in [0.717, 1.165) is 25.0 Å². The Labute approximate surface area is 78.9 Å². The molecule has 3 heteroatoms. The number of rotatable bonds is 4. The van der Waals surface area contributed by atoms with Gasteiger partial charge in [-0.15, -0.1) is 0 Å². The first-order valence-corrected chi connectivity index (χ1v) is 4.59. The molecule has 1 heterocycles. The Morgan fingerprint density at radius 2 is 2.31 bits per heavy atom. The Morgan fingerprint density at radius 3 is 2.92 bits per heavy atom. The van der Waals surface area contributed by atoms with E-state index in [1.165, 1.54) is 0 Å². The summed E-state index contributed by atoms with van der Waals surface area (Å²) in [5.74, 6) is 0.697. The molecule has 0 aliphatic rings.